The highest BCUT2D eigenvalue weighted by atomic mass is 16.5. The lowest BCUT2D eigenvalue weighted by molar-refractivity contribution is -0.118. The molecule has 0 aliphatic rings. The van der Waals surface area contributed by atoms with E-state index in [4.69, 9.17) is 4.74 Å². The van der Waals surface area contributed by atoms with Gasteiger partial charge in [0.05, 0.1) is 11.9 Å². The third kappa shape index (κ3) is 6.47. The summed E-state index contributed by atoms with van der Waals surface area (Å²) in [6.45, 7) is 0.818. The molecule has 3 aromatic rings. The highest BCUT2D eigenvalue weighted by Gasteiger charge is 2.04. The molecule has 2 aromatic carbocycles. The molecule has 0 saturated heterocycles. The molecular weight excluding hydrogens is 338 g/mol. The van der Waals surface area contributed by atoms with Crippen LogP contribution in [-0.2, 0) is 11.2 Å². The number of ether oxygens (including phenoxy) is 1. The van der Waals surface area contributed by atoms with E-state index in [0.717, 1.165) is 25.1 Å². The van der Waals surface area contributed by atoms with Crippen molar-refractivity contribution in [3.05, 3.63) is 84.6 Å². The van der Waals surface area contributed by atoms with Crippen molar-refractivity contribution >= 4 is 17.4 Å². The van der Waals surface area contributed by atoms with E-state index in [0.29, 0.717) is 11.6 Å². The predicted octanol–water partition coefficient (Wildman–Crippen LogP) is 4.14. The molecule has 1 heterocycles. The number of amides is 1. The molecule has 0 aliphatic heterocycles. The van der Waals surface area contributed by atoms with E-state index in [2.05, 4.69) is 39.9 Å². The minimum atomic E-state index is -0.241. The van der Waals surface area contributed by atoms with E-state index in [1.54, 1.807) is 12.3 Å². The second kappa shape index (κ2) is 9.97. The first-order chi connectivity index (χ1) is 13.3. The van der Waals surface area contributed by atoms with Gasteiger partial charge in [0.1, 0.15) is 11.6 Å². The third-order valence-corrected chi connectivity index (χ3v) is 3.96. The smallest absolute Gasteiger partial charge is 0.263 e. The van der Waals surface area contributed by atoms with Crippen molar-refractivity contribution in [1.29, 1.82) is 0 Å². The molecule has 0 aliphatic carbocycles. The molecule has 5 heteroatoms. The summed E-state index contributed by atoms with van der Waals surface area (Å²) in [6.07, 6.45) is 3.80. The molecule has 0 bridgehead atoms. The number of carbonyl (C=O) groups is 1. The van der Waals surface area contributed by atoms with Crippen LogP contribution in [0.4, 0.5) is 11.5 Å². The molecule has 3 rings (SSSR count). The maximum atomic E-state index is 11.9. The summed E-state index contributed by atoms with van der Waals surface area (Å²) in [6, 6.07) is 23.4. The minimum absolute atomic E-state index is 0.0504. The highest BCUT2D eigenvalue weighted by molar-refractivity contribution is 5.91. The zero-order valence-electron chi connectivity index (χ0n) is 15.1. The molecule has 0 unspecified atom stereocenters. The maximum Gasteiger partial charge on any atom is 0.263 e. The van der Waals surface area contributed by atoms with Crippen molar-refractivity contribution in [2.24, 2.45) is 0 Å². The first-order valence-electron chi connectivity index (χ1n) is 9.01. The van der Waals surface area contributed by atoms with Crippen molar-refractivity contribution in [2.75, 3.05) is 23.8 Å². The van der Waals surface area contributed by atoms with E-state index in [9.17, 15) is 4.79 Å². The summed E-state index contributed by atoms with van der Waals surface area (Å²) in [4.78, 5) is 16.2. The fourth-order valence-electron chi connectivity index (χ4n) is 2.59. The molecule has 27 heavy (non-hydrogen) atoms. The topological polar surface area (TPSA) is 63.2 Å². The van der Waals surface area contributed by atoms with Crippen LogP contribution in [-0.4, -0.2) is 24.0 Å². The molecule has 2 N–H and O–H groups in total. The van der Waals surface area contributed by atoms with E-state index in [-0.39, 0.29) is 12.5 Å². The quantitative estimate of drug-likeness (QED) is 0.562. The number of anilines is 2. The van der Waals surface area contributed by atoms with Gasteiger partial charge in [-0.15, -0.1) is 0 Å². The summed E-state index contributed by atoms with van der Waals surface area (Å²) < 4.78 is 5.41. The zero-order valence-corrected chi connectivity index (χ0v) is 15.1. The second-order valence-corrected chi connectivity index (χ2v) is 6.10. The average molecular weight is 361 g/mol. The van der Waals surface area contributed by atoms with Crippen molar-refractivity contribution in [3.8, 4) is 5.75 Å². The molecule has 138 valence electrons. The molecular formula is C22H23N3O2. The summed E-state index contributed by atoms with van der Waals surface area (Å²) in [5, 5.41) is 6.07. The van der Waals surface area contributed by atoms with Crippen LogP contribution in [0.1, 0.15) is 12.0 Å². The standard InChI is InChI=1S/C22H23N3O2/c26-22(17-27-20-11-5-2-6-12-20)25-21-14-13-19(16-24-21)23-15-7-10-18-8-3-1-4-9-18/h1-6,8-9,11-14,16,23H,7,10,15,17H2,(H,24,25,26). The van der Waals surface area contributed by atoms with Crippen LogP contribution >= 0.6 is 0 Å². The van der Waals surface area contributed by atoms with Gasteiger partial charge in [-0.2, -0.15) is 0 Å². The first kappa shape index (κ1) is 18.5. The van der Waals surface area contributed by atoms with Gasteiger partial charge in [-0.25, -0.2) is 4.98 Å². The Bertz CT molecular complexity index is 821. The Kier molecular flexibility index (Phi) is 6.81. The molecule has 1 amide bonds. The Morgan fingerprint density at radius 2 is 1.67 bits per heavy atom. The van der Waals surface area contributed by atoms with Gasteiger partial charge >= 0.3 is 0 Å². The van der Waals surface area contributed by atoms with E-state index in [1.165, 1.54) is 5.56 Å². The number of nitrogens with zero attached hydrogens (tertiary/aromatic N) is 1. The molecule has 0 radical (unpaired) electrons. The van der Waals surface area contributed by atoms with E-state index >= 15 is 0 Å². The molecule has 0 fully saturated rings. The Morgan fingerprint density at radius 3 is 2.37 bits per heavy atom. The van der Waals surface area contributed by atoms with Crippen LogP contribution in [0.25, 0.3) is 0 Å². The van der Waals surface area contributed by atoms with Crippen LogP contribution in [0.15, 0.2) is 79.0 Å². The van der Waals surface area contributed by atoms with Gasteiger partial charge in [0, 0.05) is 6.54 Å². The van der Waals surface area contributed by atoms with Crippen LogP contribution in [0.3, 0.4) is 0 Å². The Labute approximate surface area is 159 Å². The van der Waals surface area contributed by atoms with Gasteiger partial charge in [0.15, 0.2) is 6.61 Å². The normalized spacial score (nSPS) is 10.2. The van der Waals surface area contributed by atoms with Gasteiger partial charge in [0.25, 0.3) is 5.91 Å². The number of aromatic nitrogens is 1. The number of carbonyl (C=O) groups excluding carboxylic acids is 1. The molecule has 1 aromatic heterocycles. The molecule has 5 nitrogen and oxygen atoms in total. The number of aryl methyl sites for hydroxylation is 1. The number of hydrogen-bond donors (Lipinski definition) is 2. The monoisotopic (exact) mass is 361 g/mol. The van der Waals surface area contributed by atoms with Crippen molar-refractivity contribution < 1.29 is 9.53 Å². The van der Waals surface area contributed by atoms with Crippen molar-refractivity contribution in [1.82, 2.24) is 4.98 Å². The molecule has 0 spiro atoms. The molecule has 0 atom stereocenters. The molecule has 0 saturated carbocycles. The number of rotatable bonds is 9. The van der Waals surface area contributed by atoms with Gasteiger partial charge in [-0.1, -0.05) is 48.5 Å². The fraction of sp³-hybridized carbons (Fsp3) is 0.182. The minimum Gasteiger partial charge on any atom is -0.484 e. The van der Waals surface area contributed by atoms with Gasteiger partial charge < -0.3 is 15.4 Å². The van der Waals surface area contributed by atoms with Crippen LogP contribution in [0.5, 0.6) is 5.75 Å². The summed E-state index contributed by atoms with van der Waals surface area (Å²) in [5.41, 5.74) is 2.27. The Morgan fingerprint density at radius 1 is 0.926 bits per heavy atom. The SMILES string of the molecule is O=C(COc1ccccc1)Nc1ccc(NCCCc2ccccc2)cn1. The van der Waals surface area contributed by atoms with Crippen molar-refractivity contribution in [2.45, 2.75) is 12.8 Å². The van der Waals surface area contributed by atoms with Crippen LogP contribution in [0.2, 0.25) is 0 Å². The average Bonchev–Trinajstić information content (AvgIpc) is 2.72. The van der Waals surface area contributed by atoms with Crippen molar-refractivity contribution in [3.63, 3.8) is 0 Å². The number of hydrogen-bond acceptors (Lipinski definition) is 4. The van der Waals surface area contributed by atoms with Crippen LogP contribution in [0, 0.1) is 0 Å². The van der Waals surface area contributed by atoms with E-state index in [1.807, 2.05) is 42.5 Å². The maximum absolute atomic E-state index is 11.9. The zero-order chi connectivity index (χ0) is 18.7. The lowest BCUT2D eigenvalue weighted by Gasteiger charge is -2.09. The summed E-state index contributed by atoms with van der Waals surface area (Å²) in [7, 11) is 0. The lowest BCUT2D eigenvalue weighted by Crippen LogP contribution is -2.20. The third-order valence-electron chi connectivity index (χ3n) is 3.96. The van der Waals surface area contributed by atoms with Gasteiger partial charge in [-0.05, 0) is 42.7 Å². The first-order valence-corrected chi connectivity index (χ1v) is 9.01. The number of pyridine rings is 1. The summed E-state index contributed by atoms with van der Waals surface area (Å²) >= 11 is 0. The second-order valence-electron chi connectivity index (χ2n) is 6.10. The number of para-hydroxylation sites is 1. The van der Waals surface area contributed by atoms with Gasteiger partial charge in [0.2, 0.25) is 0 Å². The number of benzene rings is 2. The van der Waals surface area contributed by atoms with Gasteiger partial charge in [-0.3, -0.25) is 4.79 Å². The predicted molar refractivity (Wildman–Crippen MR) is 108 cm³/mol. The number of nitrogens with one attached hydrogen (secondary N) is 2. The Hall–Kier alpha value is -3.34. The lowest BCUT2D eigenvalue weighted by atomic mass is 10.1. The highest BCUT2D eigenvalue weighted by Crippen LogP contribution is 2.11. The Balaban J connectivity index is 1.37. The van der Waals surface area contributed by atoms with E-state index < -0.39 is 0 Å². The fourth-order valence-corrected chi connectivity index (χ4v) is 2.59. The largest absolute Gasteiger partial charge is 0.484 e. The summed E-state index contributed by atoms with van der Waals surface area (Å²) in [5.74, 6) is 0.928. The van der Waals surface area contributed by atoms with Crippen LogP contribution < -0.4 is 15.4 Å².